The number of rotatable bonds is 37. The van der Waals surface area contributed by atoms with Gasteiger partial charge in [-0.2, -0.15) is 0 Å². The normalized spacial score (nSPS) is 14.7. The van der Waals surface area contributed by atoms with Crippen LogP contribution in [0, 0.1) is 0 Å². The maximum atomic E-state index is 12.6. The Morgan fingerprint density at radius 3 is 1.32 bits per heavy atom. The Hall–Kier alpha value is -3.85. The van der Waals surface area contributed by atoms with Gasteiger partial charge in [-0.3, -0.25) is 18.6 Å². The number of likely N-dealkylation sites (N-methyl/N-ethyl adjacent to an activating group) is 1. The number of allylic oxidation sites excluding steroid dienone is 22. The summed E-state index contributed by atoms with van der Waals surface area (Å²) in [6.07, 6.45) is 58.1. The number of carbonyl (C=O) groups is 2. The van der Waals surface area contributed by atoms with Crippen LogP contribution in [0.4, 0.5) is 0 Å². The molecule has 10 heteroatoms. The summed E-state index contributed by atoms with van der Waals surface area (Å²) in [6, 6.07) is 0. The molecule has 2 unspecified atom stereocenters. The van der Waals surface area contributed by atoms with Crippen LogP contribution in [0.25, 0.3) is 0 Å². The van der Waals surface area contributed by atoms with E-state index in [1.165, 1.54) is 0 Å². The summed E-state index contributed by atoms with van der Waals surface area (Å²) in [7, 11) is -0.794. The van der Waals surface area contributed by atoms with Crippen molar-refractivity contribution in [3.8, 4) is 0 Å². The third kappa shape index (κ3) is 43.6. The molecule has 0 bridgehead atoms. The summed E-state index contributed by atoms with van der Waals surface area (Å²) in [5, 5.41) is 0. The second-order valence-corrected chi connectivity index (χ2v) is 15.2. The molecule has 0 saturated carbocycles. The third-order valence-electron chi connectivity index (χ3n) is 7.97. The zero-order valence-electron chi connectivity index (χ0n) is 36.6. The van der Waals surface area contributed by atoms with Crippen LogP contribution in [0.5, 0.6) is 0 Å². The highest BCUT2D eigenvalue weighted by molar-refractivity contribution is 7.47. The van der Waals surface area contributed by atoms with Crippen molar-refractivity contribution in [3.63, 3.8) is 0 Å². The predicted octanol–water partition coefficient (Wildman–Crippen LogP) is 12.5. The van der Waals surface area contributed by atoms with E-state index in [9.17, 15) is 19.0 Å². The molecule has 330 valence electrons. The van der Waals surface area contributed by atoms with Gasteiger partial charge < -0.3 is 19.3 Å². The lowest BCUT2D eigenvalue weighted by molar-refractivity contribution is -0.161. The Morgan fingerprint density at radius 2 is 0.915 bits per heavy atom. The number of ether oxygens (including phenoxy) is 2. The van der Waals surface area contributed by atoms with Crippen LogP contribution in [0.15, 0.2) is 134 Å². The van der Waals surface area contributed by atoms with Gasteiger partial charge in [0.05, 0.1) is 13.2 Å². The summed E-state index contributed by atoms with van der Waals surface area (Å²) in [6.45, 7) is 3.90. The van der Waals surface area contributed by atoms with Crippen molar-refractivity contribution in [2.24, 2.45) is 0 Å². The zero-order valence-corrected chi connectivity index (χ0v) is 37.5. The van der Waals surface area contributed by atoms with E-state index in [-0.39, 0.29) is 26.1 Å². The van der Waals surface area contributed by atoms with Gasteiger partial charge in [0.25, 0.3) is 0 Å². The summed E-state index contributed by atoms with van der Waals surface area (Å²) >= 11 is 0. The van der Waals surface area contributed by atoms with Gasteiger partial charge in [0.15, 0.2) is 6.10 Å². The van der Waals surface area contributed by atoms with E-state index in [1.807, 2.05) is 18.2 Å². The minimum atomic E-state index is -4.41. The molecule has 0 saturated heterocycles. The standard InChI is InChI=1S/C49H76NO8P/c1-5-7-9-11-13-15-17-19-21-23-24-26-27-29-31-33-35-37-39-41-48(51)55-45-47(46-57-59(53,54)56-44-43-50(3)4)58-49(52)42-40-38-36-34-32-30-28-25-22-20-18-16-14-12-10-8-6-2/h7-10,13-16,19-22,24,26,28-31,34-37,47H,5-6,11-12,17-18,23,25,27,32-33,38-46H2,1-4H3,(H,53,54)/b9-7-,10-8-,15-13-,16-14-,21-19-,22-20-,26-24-,30-28-,31-29-,36-34-,37-35-. The van der Waals surface area contributed by atoms with Crippen molar-refractivity contribution >= 4 is 19.8 Å². The second-order valence-electron chi connectivity index (χ2n) is 13.7. The molecule has 0 rings (SSSR count). The molecule has 0 aromatic rings. The van der Waals surface area contributed by atoms with E-state index in [0.717, 1.165) is 70.6 Å². The van der Waals surface area contributed by atoms with Gasteiger partial charge in [-0.25, -0.2) is 4.57 Å². The number of phosphoric ester groups is 1. The molecule has 2 atom stereocenters. The van der Waals surface area contributed by atoms with Gasteiger partial charge >= 0.3 is 19.8 Å². The lowest BCUT2D eigenvalue weighted by Gasteiger charge is -2.20. The number of hydrogen-bond acceptors (Lipinski definition) is 8. The smallest absolute Gasteiger partial charge is 0.462 e. The Balaban J connectivity index is 4.55. The fourth-order valence-corrected chi connectivity index (χ4v) is 5.49. The van der Waals surface area contributed by atoms with Crippen LogP contribution < -0.4 is 0 Å². The molecule has 0 amide bonds. The van der Waals surface area contributed by atoms with Crippen molar-refractivity contribution in [1.29, 1.82) is 0 Å². The summed E-state index contributed by atoms with van der Waals surface area (Å²) < 4.78 is 33.3. The lowest BCUT2D eigenvalue weighted by Crippen LogP contribution is -2.29. The average Bonchev–Trinajstić information content (AvgIpc) is 3.20. The van der Waals surface area contributed by atoms with Gasteiger partial charge in [-0.1, -0.05) is 148 Å². The van der Waals surface area contributed by atoms with Crippen molar-refractivity contribution in [3.05, 3.63) is 134 Å². The Labute approximate surface area is 358 Å². The minimum Gasteiger partial charge on any atom is -0.462 e. The number of esters is 2. The Bertz CT molecular complexity index is 1430. The molecular weight excluding hydrogens is 762 g/mol. The van der Waals surface area contributed by atoms with Gasteiger partial charge in [0.2, 0.25) is 0 Å². The third-order valence-corrected chi connectivity index (χ3v) is 8.95. The molecule has 59 heavy (non-hydrogen) atoms. The number of nitrogens with zero attached hydrogens (tertiary/aromatic N) is 1. The molecule has 0 aliphatic heterocycles. The number of unbranched alkanes of at least 4 members (excludes halogenated alkanes) is 1. The number of phosphoric acid groups is 1. The maximum absolute atomic E-state index is 12.6. The number of carbonyl (C=O) groups excluding carboxylic acids is 2. The van der Waals surface area contributed by atoms with Crippen molar-refractivity contribution in [2.75, 3.05) is 40.5 Å². The van der Waals surface area contributed by atoms with Crippen molar-refractivity contribution < 1.29 is 37.6 Å². The minimum absolute atomic E-state index is 0.0232. The van der Waals surface area contributed by atoms with E-state index in [0.29, 0.717) is 25.8 Å². The molecular formula is C49H76NO8P. The van der Waals surface area contributed by atoms with Gasteiger partial charge in [0, 0.05) is 19.4 Å². The molecule has 0 aliphatic rings. The van der Waals surface area contributed by atoms with E-state index in [2.05, 4.69) is 129 Å². The highest BCUT2D eigenvalue weighted by Gasteiger charge is 2.26. The molecule has 0 fully saturated rings. The monoisotopic (exact) mass is 838 g/mol. The van der Waals surface area contributed by atoms with Crippen molar-refractivity contribution in [2.45, 2.75) is 123 Å². The van der Waals surface area contributed by atoms with E-state index in [4.69, 9.17) is 18.5 Å². The van der Waals surface area contributed by atoms with Gasteiger partial charge in [-0.15, -0.1) is 0 Å². The first-order valence-corrected chi connectivity index (χ1v) is 23.0. The Kier molecular flexibility index (Phi) is 39.5. The summed E-state index contributed by atoms with van der Waals surface area (Å²) in [5.41, 5.74) is 0. The number of hydrogen-bond donors (Lipinski definition) is 1. The molecule has 0 aromatic carbocycles. The highest BCUT2D eigenvalue weighted by Crippen LogP contribution is 2.43. The second kappa shape index (κ2) is 42.3. The van der Waals surface area contributed by atoms with E-state index >= 15 is 0 Å². The van der Waals surface area contributed by atoms with Crippen LogP contribution in [-0.2, 0) is 32.7 Å². The molecule has 0 heterocycles. The van der Waals surface area contributed by atoms with Crippen LogP contribution in [-0.4, -0.2) is 68.3 Å². The van der Waals surface area contributed by atoms with Crippen LogP contribution >= 0.6 is 7.82 Å². The predicted molar refractivity (Wildman–Crippen MR) is 247 cm³/mol. The molecule has 0 spiro atoms. The summed E-state index contributed by atoms with van der Waals surface area (Å²) in [4.78, 5) is 37.0. The quantitative estimate of drug-likeness (QED) is 0.0283. The largest absolute Gasteiger partial charge is 0.472 e. The molecule has 0 aliphatic carbocycles. The lowest BCUT2D eigenvalue weighted by atomic mass is 10.2. The fraction of sp³-hybridized carbons (Fsp3) is 0.510. The Morgan fingerprint density at radius 1 is 0.525 bits per heavy atom. The fourth-order valence-electron chi connectivity index (χ4n) is 4.75. The first-order valence-electron chi connectivity index (χ1n) is 21.5. The highest BCUT2D eigenvalue weighted by atomic mass is 31.2. The van der Waals surface area contributed by atoms with Crippen molar-refractivity contribution in [1.82, 2.24) is 4.90 Å². The maximum Gasteiger partial charge on any atom is 0.472 e. The molecule has 1 N–H and O–H groups in total. The SMILES string of the molecule is CC/C=C\C/C=C\C/C=C\C/C=C\C/C=C\C/C=C\CCC(=O)OCC(COP(=O)(O)OCCN(C)C)OC(=O)CCC/C=C\C/C=C\C/C=C\C/C=C\C/C=C\CC. The van der Waals surface area contributed by atoms with Crippen LogP contribution in [0.2, 0.25) is 0 Å². The summed E-state index contributed by atoms with van der Waals surface area (Å²) in [5.74, 6) is -0.986. The molecule has 0 aromatic heterocycles. The van der Waals surface area contributed by atoms with E-state index < -0.39 is 32.5 Å². The first-order chi connectivity index (χ1) is 28.7. The first kappa shape index (κ1) is 55.2. The van der Waals surface area contributed by atoms with E-state index in [1.54, 1.807) is 19.0 Å². The van der Waals surface area contributed by atoms with Gasteiger partial charge in [0.1, 0.15) is 6.61 Å². The van der Waals surface area contributed by atoms with Crippen LogP contribution in [0.1, 0.15) is 117 Å². The topological polar surface area (TPSA) is 112 Å². The van der Waals surface area contributed by atoms with Gasteiger partial charge in [-0.05, 0) is 104 Å². The van der Waals surface area contributed by atoms with Crippen LogP contribution in [0.3, 0.4) is 0 Å². The molecule has 0 radical (unpaired) electrons. The average molecular weight is 838 g/mol. The molecule has 9 nitrogen and oxygen atoms in total. The zero-order chi connectivity index (χ0) is 43.3.